The molecule has 2 saturated heterocycles. The van der Waals surface area contributed by atoms with Gasteiger partial charge in [0.05, 0.1) is 4.08 Å². The van der Waals surface area contributed by atoms with Crippen LogP contribution in [0.2, 0.25) is 0 Å². The molecule has 2 rings (SSSR count). The predicted molar refractivity (Wildman–Crippen MR) is 57.0 cm³/mol. The molecule has 0 aromatic heterocycles. The topological polar surface area (TPSA) is 12.0 Å². The van der Waals surface area contributed by atoms with E-state index < -0.39 is 0 Å². The minimum absolute atomic E-state index is 0. The molecule has 2 aliphatic rings. The van der Waals surface area contributed by atoms with Crippen molar-refractivity contribution in [3.05, 3.63) is 0 Å². The lowest BCUT2D eigenvalue weighted by atomic mass is 10.4. The minimum atomic E-state index is 0. The third kappa shape index (κ3) is 2.20. The van der Waals surface area contributed by atoms with Crippen LogP contribution in [0.1, 0.15) is 12.8 Å². The van der Waals surface area contributed by atoms with E-state index in [4.69, 9.17) is 0 Å². The Morgan fingerprint density at radius 1 is 1.18 bits per heavy atom. The van der Waals surface area contributed by atoms with Crippen LogP contribution in [0.5, 0.6) is 0 Å². The van der Waals surface area contributed by atoms with Gasteiger partial charge in [-0.05, 0) is 30.9 Å². The summed E-state index contributed by atoms with van der Waals surface area (Å²) in [5.74, 6) is 2.77. The van der Waals surface area contributed by atoms with Gasteiger partial charge in [0.15, 0.2) is 0 Å². The fourth-order valence-electron chi connectivity index (χ4n) is 1.51. The zero-order valence-electron chi connectivity index (χ0n) is 6.47. The maximum absolute atomic E-state index is 3.44. The number of hydrogen-bond acceptors (Lipinski definition) is 3. The van der Waals surface area contributed by atoms with Crippen molar-refractivity contribution in [2.75, 3.05) is 24.6 Å². The first-order valence-electron chi connectivity index (χ1n) is 3.90. The third-order valence-electron chi connectivity index (χ3n) is 2.10. The minimum Gasteiger partial charge on any atom is -0.314 e. The lowest BCUT2D eigenvalue weighted by Crippen LogP contribution is -2.27. The van der Waals surface area contributed by atoms with Crippen LogP contribution >= 0.6 is 35.9 Å². The van der Waals surface area contributed by atoms with Crippen molar-refractivity contribution in [1.82, 2.24) is 5.32 Å². The summed E-state index contributed by atoms with van der Waals surface area (Å²) in [6.45, 7) is 2.47. The molecule has 0 atom stereocenters. The molecule has 0 bridgehead atoms. The van der Waals surface area contributed by atoms with E-state index >= 15 is 0 Å². The molecule has 4 heteroatoms. The predicted octanol–water partition coefficient (Wildman–Crippen LogP) is 1.97. The normalized spacial score (nSPS) is 28.4. The van der Waals surface area contributed by atoms with E-state index in [0.717, 1.165) is 0 Å². The van der Waals surface area contributed by atoms with Crippen LogP contribution in [0.15, 0.2) is 0 Å². The molecule has 0 unspecified atom stereocenters. The summed E-state index contributed by atoms with van der Waals surface area (Å²) in [5, 5.41) is 3.44. The Morgan fingerprint density at radius 3 is 2.45 bits per heavy atom. The van der Waals surface area contributed by atoms with E-state index in [1.54, 1.807) is 0 Å². The molecule has 2 fully saturated rings. The highest BCUT2D eigenvalue weighted by atomic mass is 35.5. The van der Waals surface area contributed by atoms with Crippen LogP contribution in [-0.4, -0.2) is 28.7 Å². The van der Waals surface area contributed by atoms with E-state index in [1.165, 1.54) is 37.4 Å². The molecular formula is C7H14ClNS2. The first-order chi connectivity index (χ1) is 4.91. The van der Waals surface area contributed by atoms with Crippen molar-refractivity contribution in [3.8, 4) is 0 Å². The van der Waals surface area contributed by atoms with Crippen LogP contribution in [0, 0.1) is 0 Å². The van der Waals surface area contributed by atoms with Gasteiger partial charge >= 0.3 is 0 Å². The number of rotatable bonds is 0. The zero-order valence-corrected chi connectivity index (χ0v) is 8.92. The Kier molecular flexibility index (Phi) is 3.89. The Bertz CT molecular complexity index is 118. The summed E-state index contributed by atoms with van der Waals surface area (Å²) in [6.07, 6.45) is 2.79. The smallest absolute Gasteiger partial charge is 0.0746 e. The van der Waals surface area contributed by atoms with Gasteiger partial charge < -0.3 is 5.32 Å². The largest absolute Gasteiger partial charge is 0.314 e. The second-order valence-corrected chi connectivity index (χ2v) is 6.10. The van der Waals surface area contributed by atoms with Gasteiger partial charge in [-0.2, -0.15) is 0 Å². The highest BCUT2D eigenvalue weighted by Gasteiger charge is 2.36. The maximum Gasteiger partial charge on any atom is 0.0746 e. The second-order valence-electron chi connectivity index (χ2n) is 2.89. The third-order valence-corrected chi connectivity index (χ3v) is 5.54. The lowest BCUT2D eigenvalue weighted by molar-refractivity contribution is 0.846. The van der Waals surface area contributed by atoms with E-state index in [2.05, 4.69) is 28.8 Å². The van der Waals surface area contributed by atoms with E-state index in [9.17, 15) is 0 Å². The molecule has 1 nitrogen and oxygen atoms in total. The Morgan fingerprint density at radius 2 is 1.91 bits per heavy atom. The standard InChI is InChI=1S/C7H13NS2.ClH/c1-4-9-7(10-5-1)2-3-8-6-7;/h8H,1-6H2;1H. The summed E-state index contributed by atoms with van der Waals surface area (Å²) in [7, 11) is 0. The number of nitrogens with one attached hydrogen (secondary N) is 1. The van der Waals surface area contributed by atoms with Gasteiger partial charge in [0.1, 0.15) is 0 Å². The van der Waals surface area contributed by atoms with Crippen LogP contribution in [0.4, 0.5) is 0 Å². The van der Waals surface area contributed by atoms with Crippen molar-refractivity contribution in [1.29, 1.82) is 0 Å². The maximum atomic E-state index is 3.44. The van der Waals surface area contributed by atoms with Crippen molar-refractivity contribution < 1.29 is 0 Å². The summed E-state index contributed by atoms with van der Waals surface area (Å²) >= 11 is 4.35. The zero-order chi connectivity index (χ0) is 6.86. The van der Waals surface area contributed by atoms with Crippen molar-refractivity contribution in [2.24, 2.45) is 0 Å². The molecule has 0 aromatic carbocycles. The molecule has 0 aromatic rings. The van der Waals surface area contributed by atoms with Crippen LogP contribution < -0.4 is 5.32 Å². The average molecular weight is 212 g/mol. The fraction of sp³-hybridized carbons (Fsp3) is 1.00. The molecule has 0 saturated carbocycles. The number of thioether (sulfide) groups is 2. The van der Waals surface area contributed by atoms with Gasteiger partial charge in [-0.1, -0.05) is 0 Å². The molecule has 0 amide bonds. The average Bonchev–Trinajstić information content (AvgIpc) is 2.39. The van der Waals surface area contributed by atoms with E-state index in [1.807, 2.05) is 0 Å². The Labute approximate surface area is 82.9 Å². The van der Waals surface area contributed by atoms with Crippen molar-refractivity contribution in [3.63, 3.8) is 0 Å². The van der Waals surface area contributed by atoms with Gasteiger partial charge in [0, 0.05) is 6.54 Å². The van der Waals surface area contributed by atoms with Crippen molar-refractivity contribution >= 4 is 35.9 Å². The van der Waals surface area contributed by atoms with Gasteiger partial charge in [-0.3, -0.25) is 0 Å². The molecule has 1 N–H and O–H groups in total. The van der Waals surface area contributed by atoms with Crippen molar-refractivity contribution in [2.45, 2.75) is 16.9 Å². The summed E-state index contributed by atoms with van der Waals surface area (Å²) < 4.78 is 0.595. The molecule has 66 valence electrons. The van der Waals surface area contributed by atoms with Gasteiger partial charge in [-0.15, -0.1) is 35.9 Å². The molecule has 1 spiro atoms. The van der Waals surface area contributed by atoms with Gasteiger partial charge in [-0.25, -0.2) is 0 Å². The molecule has 0 radical (unpaired) electrons. The summed E-state index contributed by atoms with van der Waals surface area (Å²) in [4.78, 5) is 0. The number of halogens is 1. The number of hydrogen-bond donors (Lipinski definition) is 1. The molecule has 2 aliphatic heterocycles. The molecule has 0 aliphatic carbocycles. The quantitative estimate of drug-likeness (QED) is 0.658. The Hall–Kier alpha value is 0.950. The molecule has 11 heavy (non-hydrogen) atoms. The molecule has 2 heterocycles. The van der Waals surface area contributed by atoms with E-state index in [0.29, 0.717) is 4.08 Å². The van der Waals surface area contributed by atoms with E-state index in [-0.39, 0.29) is 12.4 Å². The van der Waals surface area contributed by atoms with Gasteiger partial charge in [0.25, 0.3) is 0 Å². The fourth-order valence-corrected chi connectivity index (χ4v) is 4.75. The van der Waals surface area contributed by atoms with Crippen LogP contribution in [0.3, 0.4) is 0 Å². The monoisotopic (exact) mass is 211 g/mol. The summed E-state index contributed by atoms with van der Waals surface area (Å²) in [5.41, 5.74) is 0. The lowest BCUT2D eigenvalue weighted by Gasteiger charge is -2.30. The molecular weight excluding hydrogens is 198 g/mol. The highest BCUT2D eigenvalue weighted by molar-refractivity contribution is 8.18. The van der Waals surface area contributed by atoms with Gasteiger partial charge in [0.2, 0.25) is 0 Å². The first kappa shape index (κ1) is 10.0. The first-order valence-corrected chi connectivity index (χ1v) is 5.87. The SMILES string of the molecule is C1CSC2(CCNC2)SC1.Cl. The Balaban J connectivity index is 0.000000605. The van der Waals surface area contributed by atoms with Crippen LogP contribution in [0.25, 0.3) is 0 Å². The van der Waals surface area contributed by atoms with Crippen LogP contribution in [-0.2, 0) is 0 Å². The summed E-state index contributed by atoms with van der Waals surface area (Å²) in [6, 6.07) is 0. The second kappa shape index (κ2) is 4.26. The highest BCUT2D eigenvalue weighted by Crippen LogP contribution is 2.45.